The van der Waals surface area contributed by atoms with E-state index in [1.165, 1.54) is 10.9 Å². The van der Waals surface area contributed by atoms with Crippen LogP contribution in [0.5, 0.6) is 11.5 Å². The van der Waals surface area contributed by atoms with Gasteiger partial charge in [0, 0.05) is 16.5 Å². The zero-order chi connectivity index (χ0) is 16.8. The summed E-state index contributed by atoms with van der Waals surface area (Å²) >= 11 is 0. The molecule has 0 saturated heterocycles. The molecule has 0 bridgehead atoms. The summed E-state index contributed by atoms with van der Waals surface area (Å²) in [6.07, 6.45) is -0.183. The summed E-state index contributed by atoms with van der Waals surface area (Å²) < 4.78 is 14.1. The Bertz CT molecular complexity index is 1070. The van der Waals surface area contributed by atoms with Gasteiger partial charge in [-0.3, -0.25) is 0 Å². The summed E-state index contributed by atoms with van der Waals surface area (Å²) in [5, 5.41) is 1.21. The van der Waals surface area contributed by atoms with Crippen LogP contribution < -0.4 is 9.47 Å². The molecule has 0 spiro atoms. The molecule has 1 atom stereocenters. The second-order valence-electron chi connectivity index (χ2n) is 6.20. The van der Waals surface area contributed by atoms with Crippen LogP contribution in [0.15, 0.2) is 78.9 Å². The lowest BCUT2D eigenvalue weighted by molar-refractivity contribution is 0.173. The van der Waals surface area contributed by atoms with Gasteiger partial charge in [0.05, 0.1) is 18.3 Å². The third-order valence-electron chi connectivity index (χ3n) is 4.77. The molecular weight excluding hydrogens is 310 g/mol. The monoisotopic (exact) mass is 327 g/mol. The normalized spacial score (nSPS) is 15.3. The number of rotatable bonds is 2. The van der Waals surface area contributed by atoms with Crippen molar-refractivity contribution in [2.24, 2.45) is 0 Å². The minimum absolute atomic E-state index is 0.183. The van der Waals surface area contributed by atoms with Crippen molar-refractivity contribution in [2.75, 3.05) is 7.11 Å². The first-order chi connectivity index (χ1) is 12.3. The zero-order valence-corrected chi connectivity index (χ0v) is 13.8. The van der Waals surface area contributed by atoms with E-state index in [9.17, 15) is 0 Å². The topological polar surface area (TPSA) is 23.4 Å². The molecule has 1 aliphatic rings. The van der Waals surface area contributed by atoms with E-state index < -0.39 is 0 Å². The molecule has 0 N–H and O–H groups in total. The Morgan fingerprint density at radius 1 is 0.880 bits per heavy atom. The maximum Gasteiger partial charge on any atom is 0.203 e. The van der Waals surface area contributed by atoms with E-state index in [-0.39, 0.29) is 6.23 Å². The number of aromatic nitrogens is 1. The summed E-state index contributed by atoms with van der Waals surface area (Å²) in [6.45, 7) is 0. The Morgan fingerprint density at radius 2 is 1.68 bits per heavy atom. The third kappa shape index (κ3) is 2.13. The van der Waals surface area contributed by atoms with E-state index in [1.54, 1.807) is 7.11 Å². The minimum Gasteiger partial charge on any atom is -0.497 e. The number of benzene rings is 3. The van der Waals surface area contributed by atoms with Crippen LogP contribution in [0.4, 0.5) is 0 Å². The Hall–Kier alpha value is -3.20. The number of methoxy groups -OCH3 is 1. The SMILES string of the molecule is COc1ccc2c(c1)-c1cc3ccccc3n1[C@H](c1ccccc1)O2. The average Bonchev–Trinajstić information content (AvgIpc) is 3.07. The number of nitrogens with zero attached hydrogens (tertiary/aromatic N) is 1. The summed E-state index contributed by atoms with van der Waals surface area (Å²) in [4.78, 5) is 0. The van der Waals surface area contributed by atoms with Gasteiger partial charge in [0.2, 0.25) is 6.23 Å². The van der Waals surface area contributed by atoms with Gasteiger partial charge >= 0.3 is 0 Å². The smallest absolute Gasteiger partial charge is 0.203 e. The minimum atomic E-state index is -0.183. The van der Waals surface area contributed by atoms with Crippen LogP contribution in [-0.2, 0) is 0 Å². The highest BCUT2D eigenvalue weighted by Gasteiger charge is 2.28. The van der Waals surface area contributed by atoms with Gasteiger partial charge in [0.25, 0.3) is 0 Å². The van der Waals surface area contributed by atoms with Crippen molar-refractivity contribution >= 4 is 10.9 Å². The Labute approximate surface area is 146 Å². The van der Waals surface area contributed by atoms with E-state index in [1.807, 2.05) is 36.4 Å². The van der Waals surface area contributed by atoms with Gasteiger partial charge in [-0.25, -0.2) is 0 Å². The Kier molecular flexibility index (Phi) is 3.07. The first-order valence-corrected chi connectivity index (χ1v) is 8.35. The largest absolute Gasteiger partial charge is 0.497 e. The van der Waals surface area contributed by atoms with Crippen LogP contribution in [0, 0.1) is 0 Å². The van der Waals surface area contributed by atoms with Gasteiger partial charge < -0.3 is 14.0 Å². The van der Waals surface area contributed by atoms with Crippen LogP contribution in [-0.4, -0.2) is 11.7 Å². The van der Waals surface area contributed by atoms with Crippen molar-refractivity contribution < 1.29 is 9.47 Å². The van der Waals surface area contributed by atoms with Crippen LogP contribution >= 0.6 is 0 Å². The third-order valence-corrected chi connectivity index (χ3v) is 4.77. The van der Waals surface area contributed by atoms with Crippen molar-refractivity contribution in [3.8, 4) is 22.8 Å². The van der Waals surface area contributed by atoms with E-state index in [0.29, 0.717) is 0 Å². The fourth-order valence-electron chi connectivity index (χ4n) is 3.58. The first kappa shape index (κ1) is 14.2. The van der Waals surface area contributed by atoms with Gasteiger partial charge in [-0.1, -0.05) is 48.5 Å². The molecule has 1 aliphatic heterocycles. The Balaban J connectivity index is 1.82. The lowest BCUT2D eigenvalue weighted by Crippen LogP contribution is -2.22. The number of ether oxygens (including phenoxy) is 2. The van der Waals surface area contributed by atoms with E-state index in [2.05, 4.69) is 47.0 Å². The number of para-hydroxylation sites is 1. The van der Waals surface area contributed by atoms with Gasteiger partial charge in [-0.2, -0.15) is 0 Å². The fourth-order valence-corrected chi connectivity index (χ4v) is 3.58. The predicted molar refractivity (Wildman–Crippen MR) is 99.1 cm³/mol. The van der Waals surface area contributed by atoms with Crippen molar-refractivity contribution in [3.05, 3.63) is 84.4 Å². The predicted octanol–water partition coefficient (Wildman–Crippen LogP) is 5.26. The Morgan fingerprint density at radius 3 is 2.52 bits per heavy atom. The van der Waals surface area contributed by atoms with Gasteiger partial charge in [-0.05, 0) is 30.3 Å². The summed E-state index contributed by atoms with van der Waals surface area (Å²) in [5.41, 5.74) is 4.50. The highest BCUT2D eigenvalue weighted by Crippen LogP contribution is 2.45. The molecule has 25 heavy (non-hydrogen) atoms. The molecule has 0 aliphatic carbocycles. The number of fused-ring (bicyclic) bond motifs is 5. The zero-order valence-electron chi connectivity index (χ0n) is 13.8. The van der Waals surface area contributed by atoms with E-state index in [4.69, 9.17) is 9.47 Å². The van der Waals surface area contributed by atoms with Crippen molar-refractivity contribution in [2.45, 2.75) is 6.23 Å². The molecule has 2 heterocycles. The number of hydrogen-bond donors (Lipinski definition) is 0. The molecule has 0 unspecified atom stereocenters. The highest BCUT2D eigenvalue weighted by molar-refractivity contribution is 5.89. The molecular formula is C22H17NO2. The standard InChI is InChI=1S/C22H17NO2/c1-24-17-11-12-21-18(14-17)20-13-16-9-5-6-10-19(16)23(20)22(25-21)15-7-3-2-4-8-15/h2-14,22H,1H3/t22-/m0/s1. The second kappa shape index (κ2) is 5.42. The maximum atomic E-state index is 6.42. The van der Waals surface area contributed by atoms with E-state index >= 15 is 0 Å². The summed E-state index contributed by atoms with van der Waals surface area (Å²) in [5.74, 6) is 1.71. The van der Waals surface area contributed by atoms with Crippen LogP contribution in [0.1, 0.15) is 11.8 Å². The van der Waals surface area contributed by atoms with Gasteiger partial charge in [0.1, 0.15) is 11.5 Å². The quantitative estimate of drug-likeness (QED) is 0.501. The lowest BCUT2D eigenvalue weighted by atomic mass is 10.1. The van der Waals surface area contributed by atoms with Crippen molar-refractivity contribution in [3.63, 3.8) is 0 Å². The molecule has 5 rings (SSSR count). The number of hydrogen-bond acceptors (Lipinski definition) is 2. The molecule has 3 heteroatoms. The van der Waals surface area contributed by atoms with Crippen molar-refractivity contribution in [1.29, 1.82) is 0 Å². The molecule has 0 radical (unpaired) electrons. The summed E-state index contributed by atoms with van der Waals surface area (Å²) in [6, 6.07) is 27.0. The first-order valence-electron chi connectivity index (χ1n) is 8.35. The molecule has 122 valence electrons. The average molecular weight is 327 g/mol. The molecule has 3 nitrogen and oxygen atoms in total. The van der Waals surface area contributed by atoms with Gasteiger partial charge in [0.15, 0.2) is 0 Å². The summed E-state index contributed by atoms with van der Waals surface area (Å²) in [7, 11) is 1.69. The molecule has 3 aromatic carbocycles. The van der Waals surface area contributed by atoms with Crippen LogP contribution in [0.3, 0.4) is 0 Å². The van der Waals surface area contributed by atoms with E-state index in [0.717, 1.165) is 28.3 Å². The van der Waals surface area contributed by atoms with Crippen LogP contribution in [0.2, 0.25) is 0 Å². The fraction of sp³-hybridized carbons (Fsp3) is 0.0909. The van der Waals surface area contributed by atoms with Gasteiger partial charge in [-0.15, -0.1) is 0 Å². The maximum absolute atomic E-state index is 6.42. The molecule has 1 aromatic heterocycles. The molecule has 0 amide bonds. The second-order valence-corrected chi connectivity index (χ2v) is 6.20. The molecule has 0 fully saturated rings. The van der Waals surface area contributed by atoms with Crippen molar-refractivity contribution in [1.82, 2.24) is 4.57 Å². The highest BCUT2D eigenvalue weighted by atomic mass is 16.5. The molecule has 0 saturated carbocycles. The van der Waals surface area contributed by atoms with Crippen LogP contribution in [0.25, 0.3) is 22.2 Å². The molecule has 4 aromatic rings. The lowest BCUT2D eigenvalue weighted by Gasteiger charge is -2.30.